The summed E-state index contributed by atoms with van der Waals surface area (Å²) in [7, 11) is 0. The highest BCUT2D eigenvalue weighted by Gasteiger charge is 2.12. The number of ketones is 1. The summed E-state index contributed by atoms with van der Waals surface area (Å²) in [4.78, 5) is 27.2. The van der Waals surface area contributed by atoms with Crippen LogP contribution in [0.5, 0.6) is 0 Å². The number of hydrogen-bond acceptors (Lipinski definition) is 6. The van der Waals surface area contributed by atoms with Crippen molar-refractivity contribution in [3.05, 3.63) is 56.6 Å². The zero-order valence-electron chi connectivity index (χ0n) is 12.2. The molecule has 1 heterocycles. The van der Waals surface area contributed by atoms with Gasteiger partial charge in [-0.2, -0.15) is 0 Å². The van der Waals surface area contributed by atoms with Crippen LogP contribution in [0.4, 0.5) is 10.8 Å². The second-order valence-corrected chi connectivity index (χ2v) is 5.51. The van der Waals surface area contributed by atoms with Gasteiger partial charge in [0, 0.05) is 18.7 Å². The molecule has 114 valence electrons. The number of carbonyl (C=O) groups excluding carboxylic acids is 1. The number of benzene rings is 1. The molecule has 0 unspecified atom stereocenters. The molecule has 0 atom stereocenters. The lowest BCUT2D eigenvalue weighted by Crippen LogP contribution is -1.94. The minimum absolute atomic E-state index is 0.0251. The second-order valence-electron chi connectivity index (χ2n) is 4.51. The normalized spacial score (nSPS) is 10.8. The number of anilines is 1. The summed E-state index contributed by atoms with van der Waals surface area (Å²) in [5.41, 5.74) is 1.45. The molecule has 1 aromatic carbocycles. The molecule has 0 aliphatic rings. The Kier molecular flexibility index (Phi) is 5.00. The van der Waals surface area contributed by atoms with Gasteiger partial charge in [-0.05, 0) is 37.6 Å². The third-order valence-corrected chi connectivity index (χ3v) is 4.01. The van der Waals surface area contributed by atoms with E-state index in [1.54, 1.807) is 25.1 Å². The number of rotatable bonds is 6. The molecule has 0 spiro atoms. The molecule has 0 aliphatic carbocycles. The highest BCUT2D eigenvalue weighted by molar-refractivity contribution is 7.17. The maximum absolute atomic E-state index is 12.2. The van der Waals surface area contributed by atoms with E-state index >= 15 is 0 Å². The molecule has 6 nitrogen and oxygen atoms in total. The van der Waals surface area contributed by atoms with E-state index in [0.717, 1.165) is 17.2 Å². The third kappa shape index (κ3) is 3.76. The smallest absolute Gasteiger partial charge is 0.269 e. The van der Waals surface area contributed by atoms with Gasteiger partial charge in [0.2, 0.25) is 0 Å². The van der Waals surface area contributed by atoms with Gasteiger partial charge in [0.1, 0.15) is 0 Å². The van der Waals surface area contributed by atoms with Gasteiger partial charge in [-0.15, -0.1) is 0 Å². The molecule has 7 heteroatoms. The van der Waals surface area contributed by atoms with Gasteiger partial charge in [0.15, 0.2) is 10.9 Å². The maximum atomic E-state index is 12.2. The maximum Gasteiger partial charge on any atom is 0.269 e. The number of aryl methyl sites for hydroxylation is 1. The lowest BCUT2D eigenvalue weighted by molar-refractivity contribution is -0.384. The van der Waals surface area contributed by atoms with Crippen LogP contribution in [-0.4, -0.2) is 22.2 Å². The molecule has 0 amide bonds. The number of nitrogens with zero attached hydrogens (tertiary/aromatic N) is 2. The molecular formula is C15H15N3O3S. The Morgan fingerprint density at radius 2 is 2.09 bits per heavy atom. The first-order valence-electron chi connectivity index (χ1n) is 6.69. The molecule has 2 rings (SSSR count). The fraction of sp³-hybridized carbons (Fsp3) is 0.200. The number of allylic oxidation sites excluding steroid dienone is 1. The Balaban J connectivity index is 2.12. The van der Waals surface area contributed by atoms with E-state index < -0.39 is 4.92 Å². The Labute approximate surface area is 131 Å². The summed E-state index contributed by atoms with van der Waals surface area (Å²) in [5, 5.41) is 14.4. The van der Waals surface area contributed by atoms with Crippen LogP contribution < -0.4 is 5.32 Å². The monoisotopic (exact) mass is 317 g/mol. The van der Waals surface area contributed by atoms with Gasteiger partial charge < -0.3 is 5.32 Å². The van der Waals surface area contributed by atoms with Crippen LogP contribution in [0, 0.1) is 17.0 Å². The van der Waals surface area contributed by atoms with Crippen molar-refractivity contribution in [2.75, 3.05) is 11.9 Å². The third-order valence-electron chi connectivity index (χ3n) is 2.88. The van der Waals surface area contributed by atoms with E-state index in [1.165, 1.54) is 29.5 Å². The van der Waals surface area contributed by atoms with Crippen LogP contribution in [0.15, 0.2) is 30.3 Å². The summed E-state index contributed by atoms with van der Waals surface area (Å²) >= 11 is 1.32. The molecule has 0 aliphatic heterocycles. The highest BCUT2D eigenvalue weighted by Crippen LogP contribution is 2.23. The average Bonchev–Trinajstić information content (AvgIpc) is 2.86. The van der Waals surface area contributed by atoms with Crippen LogP contribution in [-0.2, 0) is 0 Å². The summed E-state index contributed by atoms with van der Waals surface area (Å²) in [5.74, 6) is -0.127. The summed E-state index contributed by atoms with van der Waals surface area (Å²) in [6, 6.07) is 6.02. The van der Waals surface area contributed by atoms with Crippen molar-refractivity contribution in [3.63, 3.8) is 0 Å². The number of aromatic nitrogens is 1. The molecule has 0 saturated heterocycles. The first-order valence-corrected chi connectivity index (χ1v) is 7.51. The van der Waals surface area contributed by atoms with E-state index in [2.05, 4.69) is 10.3 Å². The molecule has 22 heavy (non-hydrogen) atoms. The number of nitrogens with one attached hydrogen (secondary N) is 1. The minimum Gasteiger partial charge on any atom is -0.362 e. The lowest BCUT2D eigenvalue weighted by atomic mass is 10.1. The lowest BCUT2D eigenvalue weighted by Gasteiger charge is -1.94. The number of nitro groups is 1. The molecular weight excluding hydrogens is 302 g/mol. The van der Waals surface area contributed by atoms with E-state index in [0.29, 0.717) is 10.6 Å². The van der Waals surface area contributed by atoms with Gasteiger partial charge in [-0.3, -0.25) is 14.9 Å². The topological polar surface area (TPSA) is 85.1 Å². The number of non-ortho nitro benzene ring substituents is 1. The van der Waals surface area contributed by atoms with Crippen LogP contribution in [0.2, 0.25) is 0 Å². The Morgan fingerprint density at radius 3 is 2.68 bits per heavy atom. The van der Waals surface area contributed by atoms with Crippen molar-refractivity contribution >= 4 is 34.0 Å². The summed E-state index contributed by atoms with van der Waals surface area (Å²) in [6.07, 6.45) is 3.09. The predicted octanol–water partition coefficient (Wildman–Crippen LogP) is 3.69. The Hall–Kier alpha value is -2.54. The Bertz CT molecular complexity index is 720. The molecule has 0 bridgehead atoms. The fourth-order valence-electron chi connectivity index (χ4n) is 1.81. The zero-order chi connectivity index (χ0) is 16.1. The second kappa shape index (κ2) is 6.95. The minimum atomic E-state index is -0.457. The van der Waals surface area contributed by atoms with E-state index in [-0.39, 0.29) is 11.5 Å². The highest BCUT2D eigenvalue weighted by atomic mass is 32.1. The predicted molar refractivity (Wildman–Crippen MR) is 87.5 cm³/mol. The first kappa shape index (κ1) is 15.8. The zero-order valence-corrected chi connectivity index (χ0v) is 13.0. The largest absolute Gasteiger partial charge is 0.362 e. The van der Waals surface area contributed by atoms with Crippen molar-refractivity contribution in [3.8, 4) is 0 Å². The van der Waals surface area contributed by atoms with E-state index in [9.17, 15) is 14.9 Å². The quantitative estimate of drug-likeness (QED) is 0.380. The first-order chi connectivity index (χ1) is 10.5. The molecule has 1 N–H and O–H groups in total. The number of thiazole rings is 1. The van der Waals surface area contributed by atoms with Crippen molar-refractivity contribution in [1.29, 1.82) is 0 Å². The van der Waals surface area contributed by atoms with E-state index in [1.807, 2.05) is 6.92 Å². The molecule has 0 radical (unpaired) electrons. The van der Waals surface area contributed by atoms with Gasteiger partial charge in [0.05, 0.1) is 15.5 Å². The molecule has 0 fully saturated rings. The number of hydrogen-bond donors (Lipinski definition) is 1. The summed E-state index contributed by atoms with van der Waals surface area (Å²) < 4.78 is 0. The number of nitro benzene ring substituents is 1. The fourth-order valence-corrected chi connectivity index (χ4v) is 2.76. The van der Waals surface area contributed by atoms with Gasteiger partial charge in [-0.1, -0.05) is 17.4 Å². The molecule has 0 saturated carbocycles. The molecule has 1 aromatic heterocycles. The number of carbonyl (C=O) groups is 1. The van der Waals surface area contributed by atoms with Crippen LogP contribution >= 0.6 is 11.3 Å². The SMILES string of the molecule is CCNc1nc(C)c(C(=O)/C=C/c2ccc([N+](=O)[O-])cc2)s1. The van der Waals surface area contributed by atoms with Crippen molar-refractivity contribution in [2.45, 2.75) is 13.8 Å². The van der Waals surface area contributed by atoms with Crippen LogP contribution in [0.3, 0.4) is 0 Å². The van der Waals surface area contributed by atoms with E-state index in [4.69, 9.17) is 0 Å². The Morgan fingerprint density at radius 1 is 1.41 bits per heavy atom. The van der Waals surface area contributed by atoms with Crippen molar-refractivity contribution < 1.29 is 9.72 Å². The van der Waals surface area contributed by atoms with Crippen molar-refractivity contribution in [1.82, 2.24) is 4.98 Å². The molecule has 2 aromatic rings. The standard InChI is InChI=1S/C15H15N3O3S/c1-3-16-15-17-10(2)14(22-15)13(19)9-6-11-4-7-12(8-5-11)18(20)21/h4-9H,3H2,1-2H3,(H,16,17)/b9-6+. The van der Waals surface area contributed by atoms with Gasteiger partial charge >= 0.3 is 0 Å². The van der Waals surface area contributed by atoms with Gasteiger partial charge in [-0.25, -0.2) is 4.98 Å². The van der Waals surface area contributed by atoms with Crippen LogP contribution in [0.25, 0.3) is 6.08 Å². The van der Waals surface area contributed by atoms with Crippen molar-refractivity contribution in [2.24, 2.45) is 0 Å². The van der Waals surface area contributed by atoms with Crippen LogP contribution in [0.1, 0.15) is 27.9 Å². The summed E-state index contributed by atoms with van der Waals surface area (Å²) in [6.45, 7) is 4.51. The average molecular weight is 317 g/mol. The van der Waals surface area contributed by atoms with Gasteiger partial charge in [0.25, 0.3) is 5.69 Å².